The van der Waals surface area contributed by atoms with E-state index in [1.54, 1.807) is 12.1 Å². The average Bonchev–Trinajstić information content (AvgIpc) is 3.98. The molecule has 8 amide bonds. The fourth-order valence-electron chi connectivity index (χ4n) is 8.59. The van der Waals surface area contributed by atoms with Gasteiger partial charge in [-0.15, -0.1) is 0 Å². The molecule has 4 aliphatic heterocycles. The van der Waals surface area contributed by atoms with E-state index in [1.165, 1.54) is 40.7 Å². The van der Waals surface area contributed by atoms with Crippen molar-refractivity contribution in [3.05, 3.63) is 29.8 Å². The van der Waals surface area contributed by atoms with Crippen LogP contribution in [0.3, 0.4) is 0 Å². The van der Waals surface area contributed by atoms with Gasteiger partial charge in [0.1, 0.15) is 54.1 Å². The number of nitrogens with one attached hydrogen (secondary N) is 5. The van der Waals surface area contributed by atoms with Crippen molar-refractivity contribution in [3.8, 4) is 5.75 Å². The van der Waals surface area contributed by atoms with E-state index in [0.29, 0.717) is 50.6 Å². The molecule has 0 bridgehead atoms. The van der Waals surface area contributed by atoms with Gasteiger partial charge in [-0.05, 0) is 94.7 Å². The number of phenolic OH excluding ortho intramolecular Hbond substituents is 1. The highest BCUT2D eigenvalue weighted by Crippen LogP contribution is 2.27. The van der Waals surface area contributed by atoms with Crippen LogP contribution in [0, 0.1) is 11.8 Å². The summed E-state index contributed by atoms with van der Waals surface area (Å²) >= 11 is 0. The maximum Gasteiger partial charge on any atom is 0.246 e. The predicted molar refractivity (Wildman–Crippen MR) is 216 cm³/mol. The van der Waals surface area contributed by atoms with Crippen LogP contribution >= 0.6 is 0 Å². The first-order chi connectivity index (χ1) is 27.9. The molecular formula is C42H62N8O9. The van der Waals surface area contributed by atoms with E-state index in [2.05, 4.69) is 26.6 Å². The zero-order valence-electron chi connectivity index (χ0n) is 35.1. The first-order valence-electron chi connectivity index (χ1n) is 21.2. The van der Waals surface area contributed by atoms with Gasteiger partial charge in [-0.25, -0.2) is 0 Å². The fourth-order valence-corrected chi connectivity index (χ4v) is 8.59. The van der Waals surface area contributed by atoms with Crippen molar-refractivity contribution in [1.82, 2.24) is 41.3 Å². The Bertz CT molecular complexity index is 1750. The van der Waals surface area contributed by atoms with E-state index in [-0.39, 0.29) is 55.8 Å². The van der Waals surface area contributed by atoms with Gasteiger partial charge in [-0.3, -0.25) is 38.4 Å². The minimum atomic E-state index is -1.21. The van der Waals surface area contributed by atoms with Crippen molar-refractivity contribution in [3.63, 3.8) is 0 Å². The lowest BCUT2D eigenvalue weighted by atomic mass is 9.98. The highest BCUT2D eigenvalue weighted by Gasteiger charge is 2.45. The Labute approximate surface area is 346 Å². The molecule has 4 saturated heterocycles. The summed E-state index contributed by atoms with van der Waals surface area (Å²) in [5.41, 5.74) is 0.607. The Morgan fingerprint density at radius 3 is 1.54 bits per heavy atom. The quantitative estimate of drug-likeness (QED) is 0.234. The van der Waals surface area contributed by atoms with E-state index in [1.807, 2.05) is 27.7 Å². The lowest BCUT2D eigenvalue weighted by Gasteiger charge is -2.34. The lowest BCUT2D eigenvalue weighted by Crippen LogP contribution is -2.61. The topological polar surface area (TPSA) is 227 Å². The van der Waals surface area contributed by atoms with Gasteiger partial charge in [-0.2, -0.15) is 0 Å². The number of aromatic hydroxyl groups is 1. The van der Waals surface area contributed by atoms with Crippen LogP contribution in [0.5, 0.6) is 5.75 Å². The lowest BCUT2D eigenvalue weighted by molar-refractivity contribution is -0.148. The normalized spacial score (nSPS) is 29.7. The molecular weight excluding hydrogens is 761 g/mol. The predicted octanol–water partition coefficient (Wildman–Crippen LogP) is 0.477. The molecule has 0 spiro atoms. The number of hydrogen-bond donors (Lipinski definition) is 6. The number of fused-ring (bicyclic) bond motifs is 3. The molecule has 17 nitrogen and oxygen atoms in total. The number of rotatable bonds is 6. The Hall–Kier alpha value is -5.22. The highest BCUT2D eigenvalue weighted by atomic mass is 16.3. The summed E-state index contributed by atoms with van der Waals surface area (Å²) in [4.78, 5) is 116. The van der Waals surface area contributed by atoms with Crippen LogP contribution in [0.4, 0.5) is 0 Å². The van der Waals surface area contributed by atoms with Crippen LogP contribution in [-0.4, -0.2) is 135 Å². The summed E-state index contributed by atoms with van der Waals surface area (Å²) in [6, 6.07) is -2.02. The third-order valence-electron chi connectivity index (χ3n) is 11.7. The van der Waals surface area contributed by atoms with Crippen LogP contribution in [-0.2, 0) is 44.8 Å². The third kappa shape index (κ3) is 11.1. The zero-order chi connectivity index (χ0) is 43.1. The van der Waals surface area contributed by atoms with Gasteiger partial charge in [0.25, 0.3) is 0 Å². The summed E-state index contributed by atoms with van der Waals surface area (Å²) in [6.45, 7) is 11.4. The monoisotopic (exact) mass is 822 g/mol. The van der Waals surface area contributed by atoms with Crippen molar-refractivity contribution in [2.45, 2.75) is 148 Å². The third-order valence-corrected chi connectivity index (χ3v) is 11.7. The molecule has 1 aromatic carbocycles. The number of carbonyl (C=O) groups is 8. The van der Waals surface area contributed by atoms with Crippen LogP contribution in [0.25, 0.3) is 0 Å². The molecule has 8 unspecified atom stereocenters. The largest absolute Gasteiger partial charge is 0.508 e. The molecule has 5 rings (SSSR count). The molecule has 0 saturated carbocycles. The highest BCUT2D eigenvalue weighted by molar-refractivity contribution is 5.99. The molecule has 1 aromatic rings. The Morgan fingerprint density at radius 1 is 0.525 bits per heavy atom. The Balaban J connectivity index is 1.50. The van der Waals surface area contributed by atoms with Gasteiger partial charge in [-0.1, -0.05) is 39.8 Å². The molecule has 4 fully saturated rings. The summed E-state index contributed by atoms with van der Waals surface area (Å²) in [5, 5.41) is 23.8. The molecule has 8 atom stereocenters. The van der Waals surface area contributed by atoms with Gasteiger partial charge in [0.2, 0.25) is 47.3 Å². The Kier molecular flexibility index (Phi) is 15.0. The van der Waals surface area contributed by atoms with Gasteiger partial charge in [0.15, 0.2) is 0 Å². The van der Waals surface area contributed by atoms with Crippen LogP contribution in [0.15, 0.2) is 24.3 Å². The fraction of sp³-hybridized carbons (Fsp3) is 0.667. The molecule has 6 N–H and O–H groups in total. The number of hydrogen-bond acceptors (Lipinski definition) is 9. The summed E-state index contributed by atoms with van der Waals surface area (Å²) in [6.07, 6.45) is 3.08. The van der Waals surface area contributed by atoms with E-state index >= 15 is 0 Å². The van der Waals surface area contributed by atoms with E-state index in [9.17, 15) is 43.5 Å². The van der Waals surface area contributed by atoms with Gasteiger partial charge in [0, 0.05) is 26.1 Å². The molecule has 0 radical (unpaired) electrons. The molecule has 0 aliphatic carbocycles. The minimum absolute atomic E-state index is 0.0121. The second kappa shape index (κ2) is 19.7. The van der Waals surface area contributed by atoms with Gasteiger partial charge >= 0.3 is 0 Å². The van der Waals surface area contributed by atoms with Crippen molar-refractivity contribution in [2.75, 3.05) is 19.6 Å². The summed E-state index contributed by atoms with van der Waals surface area (Å²) in [5.74, 6) is -4.41. The van der Waals surface area contributed by atoms with Gasteiger partial charge < -0.3 is 46.4 Å². The zero-order valence-corrected chi connectivity index (χ0v) is 35.1. The van der Waals surface area contributed by atoms with Crippen molar-refractivity contribution in [1.29, 1.82) is 0 Å². The summed E-state index contributed by atoms with van der Waals surface area (Å²) < 4.78 is 0. The number of amides is 8. The van der Waals surface area contributed by atoms with Crippen molar-refractivity contribution < 1.29 is 43.5 Å². The second-order valence-corrected chi connectivity index (χ2v) is 17.3. The number of carbonyl (C=O) groups excluding carboxylic acids is 8. The van der Waals surface area contributed by atoms with Gasteiger partial charge in [0.05, 0.1) is 0 Å². The molecule has 0 aromatic heterocycles. The average molecular weight is 823 g/mol. The smallest absolute Gasteiger partial charge is 0.246 e. The minimum Gasteiger partial charge on any atom is -0.508 e. The number of nitrogens with zero attached hydrogens (tertiary/aromatic N) is 3. The molecule has 17 heteroatoms. The van der Waals surface area contributed by atoms with E-state index in [0.717, 1.165) is 0 Å². The van der Waals surface area contributed by atoms with Crippen LogP contribution in [0.2, 0.25) is 0 Å². The van der Waals surface area contributed by atoms with Crippen molar-refractivity contribution in [2.24, 2.45) is 11.8 Å². The van der Waals surface area contributed by atoms with Crippen LogP contribution < -0.4 is 26.6 Å². The molecule has 4 heterocycles. The Morgan fingerprint density at radius 2 is 0.966 bits per heavy atom. The first kappa shape index (κ1) is 44.9. The second-order valence-electron chi connectivity index (χ2n) is 17.3. The van der Waals surface area contributed by atoms with E-state index < -0.39 is 89.7 Å². The summed E-state index contributed by atoms with van der Waals surface area (Å²) in [7, 11) is 0. The number of phenols is 1. The SMILES string of the molecule is CC(C)CC1NC(=O)C(Cc2ccc(O)cc2)NC(=O)C2CCCN2C(=O)C(C)NC(=O)C(C)NC(=O)C2CCCN2C(=O)C2CCCN2C(=O)C(CC(C)C)NC1=O. The molecule has 4 aliphatic rings. The molecule has 324 valence electrons. The maximum absolute atomic E-state index is 14.4. The number of benzene rings is 1. The standard InChI is InChI=1S/C42H62N8O9/c1-23(2)20-29-36(53)47-31(21-24(3)4)41(58)50-19-9-12-34(50)42(59)49-18-8-10-32(49)38(55)43-25(5)35(52)44-26(6)40(57)48-17-7-11-33(48)39(56)46-30(37(54)45-29)22-27-13-15-28(51)16-14-27/h13-16,23-26,29-34,51H,7-12,17-22H2,1-6H3,(H,43,55)(H,44,52)(H,45,54)(H,46,56)(H,47,53). The van der Waals surface area contributed by atoms with Crippen LogP contribution in [0.1, 0.15) is 98.5 Å². The maximum atomic E-state index is 14.4. The van der Waals surface area contributed by atoms with Crippen molar-refractivity contribution >= 4 is 47.3 Å². The first-order valence-corrected chi connectivity index (χ1v) is 21.2. The molecule has 59 heavy (non-hydrogen) atoms. The van der Waals surface area contributed by atoms with E-state index in [4.69, 9.17) is 0 Å².